The van der Waals surface area contributed by atoms with E-state index in [0.717, 1.165) is 48.1 Å². The summed E-state index contributed by atoms with van der Waals surface area (Å²) < 4.78 is 0. The Balaban J connectivity index is 1.34. The molecular weight excluding hydrogens is 725 g/mol. The number of ketones is 1. The summed E-state index contributed by atoms with van der Waals surface area (Å²) in [7, 11) is 6.69. The van der Waals surface area contributed by atoms with Gasteiger partial charge < -0.3 is 35.8 Å². The smallest absolute Gasteiger partial charge is 0.271 e. The van der Waals surface area contributed by atoms with Crippen LogP contribution in [0, 0.1) is 0 Å². The van der Waals surface area contributed by atoms with Crippen molar-refractivity contribution in [3.05, 3.63) is 59.7 Å². The van der Waals surface area contributed by atoms with Gasteiger partial charge in [0.25, 0.3) is 23.6 Å². The van der Waals surface area contributed by atoms with Crippen LogP contribution in [-0.2, 0) is 34.8 Å². The first-order chi connectivity index (χ1) is 23.7. The van der Waals surface area contributed by atoms with Gasteiger partial charge in [0, 0.05) is 25.5 Å². The molecule has 4 amide bonds. The summed E-state index contributed by atoms with van der Waals surface area (Å²) in [6.45, 7) is 2.70. The fourth-order valence-electron chi connectivity index (χ4n) is 10.5. The molecule has 12 rings (SSSR count). The number of amides is 4. The normalized spacial score (nSPS) is 44.8. The van der Waals surface area contributed by atoms with Crippen LogP contribution >= 0.6 is 43.2 Å². The number of hydrogen-bond acceptors (Lipinski definition) is 14. The number of benzene rings is 2. The molecule has 5 N–H and O–H groups in total. The topological polar surface area (TPSA) is 183 Å². The van der Waals surface area contributed by atoms with E-state index in [9.17, 15) is 39.3 Å². The first-order valence-electron chi connectivity index (χ1n) is 16.0. The number of hydrogen-bond donors (Lipinski definition) is 5. The zero-order valence-electron chi connectivity index (χ0n) is 26.8. The number of nitrogens with zero attached hydrogens (tertiary/aromatic N) is 4. The first-order valence-corrected chi connectivity index (χ1v) is 20.3. The number of likely N-dealkylation sites (N-methyl/N-ethyl adjacent to an activating group) is 2. The molecule has 0 aliphatic carbocycles. The highest BCUT2D eigenvalue weighted by atomic mass is 33.1. The van der Waals surface area contributed by atoms with Crippen LogP contribution in [0.3, 0.4) is 0 Å². The van der Waals surface area contributed by atoms with E-state index in [-0.39, 0.29) is 0 Å². The third kappa shape index (κ3) is 2.61. The molecule has 50 heavy (non-hydrogen) atoms. The quantitative estimate of drug-likeness (QED) is 0.213. The molecule has 260 valence electrons. The maximum atomic E-state index is 15.0. The van der Waals surface area contributed by atoms with E-state index < -0.39 is 90.4 Å². The predicted molar refractivity (Wildman–Crippen MR) is 186 cm³/mol. The van der Waals surface area contributed by atoms with Crippen LogP contribution in [0.2, 0.25) is 0 Å². The Labute approximate surface area is 300 Å². The predicted octanol–water partition coefficient (Wildman–Crippen LogP) is 0.261. The van der Waals surface area contributed by atoms with Gasteiger partial charge in [-0.05, 0) is 80.3 Å². The molecule has 8 saturated heterocycles. The van der Waals surface area contributed by atoms with Gasteiger partial charge in [-0.2, -0.15) is 0 Å². The van der Waals surface area contributed by atoms with E-state index in [4.69, 9.17) is 0 Å². The van der Waals surface area contributed by atoms with Crippen LogP contribution in [-0.4, -0.2) is 129 Å². The second-order valence-electron chi connectivity index (χ2n) is 14.1. The van der Waals surface area contributed by atoms with Crippen LogP contribution in [0.5, 0.6) is 0 Å². The number of anilines is 2. The minimum atomic E-state index is -1.97. The van der Waals surface area contributed by atoms with E-state index in [1.165, 1.54) is 42.6 Å². The van der Waals surface area contributed by atoms with E-state index in [2.05, 4.69) is 10.6 Å². The molecule has 2 spiro atoms. The summed E-state index contributed by atoms with van der Waals surface area (Å²) in [5.41, 5.74) is -1.64. The summed E-state index contributed by atoms with van der Waals surface area (Å²) in [4.78, 5) is 70.2. The zero-order valence-corrected chi connectivity index (χ0v) is 30.1. The number of fused-ring (bicyclic) bond motifs is 11. The molecule has 18 heteroatoms. The van der Waals surface area contributed by atoms with Crippen molar-refractivity contribution in [3.63, 3.8) is 0 Å². The highest BCUT2D eigenvalue weighted by molar-refractivity contribution is 8.78. The van der Waals surface area contributed by atoms with Gasteiger partial charge in [0.2, 0.25) is 19.5 Å². The zero-order chi connectivity index (χ0) is 35.3. The molecule has 8 fully saturated rings. The Kier molecular flexibility index (Phi) is 5.74. The van der Waals surface area contributed by atoms with Crippen molar-refractivity contribution in [1.82, 2.24) is 19.6 Å². The molecule has 0 aromatic heterocycles. The van der Waals surface area contributed by atoms with Gasteiger partial charge >= 0.3 is 0 Å². The van der Waals surface area contributed by atoms with Gasteiger partial charge in [-0.15, -0.1) is 0 Å². The number of aliphatic hydroxyl groups excluding tert-OH is 3. The molecule has 2 aromatic rings. The third-order valence-corrected chi connectivity index (χ3v) is 20.0. The SMILES string of the molecule is CC(=O)[C@@]12SS[C@]3(C(=O)N1C)[C@@H](O)[C@]1([C@@]45c6ccccc6N[C@@H]4N4C(=O)[C@]6([C@H](C)O)SS[C@]4(C(=O)N6C)[C@H]5O)c4ccccc4N[C@@H]1N3C2=O. The largest absolute Gasteiger partial charge is 0.389 e. The van der Waals surface area contributed by atoms with Crippen LogP contribution < -0.4 is 10.6 Å². The number of piperazine rings is 2. The molecule has 10 aliphatic heterocycles. The van der Waals surface area contributed by atoms with Crippen molar-refractivity contribution in [3.8, 4) is 0 Å². The molecule has 10 heterocycles. The van der Waals surface area contributed by atoms with Crippen molar-refractivity contribution in [2.24, 2.45) is 0 Å². The lowest BCUT2D eigenvalue weighted by Gasteiger charge is -2.59. The standard InChI is InChI=1S/C32H30N6O8S4/c1-13(39)29-25(45)37-21-27(15-9-5-7-11-17(15)33-21,19(41)31(37,49-47-29)23(43)35(29)3)28-16-10-6-8-12-18(16)34-22(28)38-26(46)30(14(2)40)36(4)24(44)32(38,20(28)42)50-48-30/h5-13,19-22,33-34,39,41-42H,1-4H3/t13-,19-,20-,21+,22+,27+,28+,29-,30-,31-,32-/m0/s1. The van der Waals surface area contributed by atoms with Crippen molar-refractivity contribution < 1.29 is 39.3 Å². The highest BCUT2D eigenvalue weighted by Crippen LogP contribution is 2.78. The number of nitrogens with one attached hydrogen (secondary N) is 2. The summed E-state index contributed by atoms with van der Waals surface area (Å²) in [6, 6.07) is 14.2. The summed E-state index contributed by atoms with van der Waals surface area (Å²) >= 11 is 0. The molecule has 0 saturated carbocycles. The molecule has 0 radical (unpaired) electrons. The van der Waals surface area contributed by atoms with Gasteiger partial charge in [-0.25, -0.2) is 0 Å². The number of para-hydroxylation sites is 2. The molecular formula is C32H30N6O8S4. The van der Waals surface area contributed by atoms with Crippen molar-refractivity contribution in [2.75, 3.05) is 24.7 Å². The fourth-order valence-corrected chi connectivity index (χ4v) is 18.4. The Bertz CT molecular complexity index is 2060. The van der Waals surface area contributed by atoms with Crippen LogP contribution in [0.25, 0.3) is 0 Å². The minimum absolute atomic E-state index is 0.472. The maximum absolute atomic E-state index is 15.0. The molecule has 4 bridgehead atoms. The summed E-state index contributed by atoms with van der Waals surface area (Å²) in [6.07, 6.45) is -7.27. The van der Waals surface area contributed by atoms with Gasteiger partial charge in [0.05, 0.1) is 16.9 Å². The van der Waals surface area contributed by atoms with Crippen molar-refractivity contribution >= 4 is 84.0 Å². The molecule has 2 aromatic carbocycles. The molecule has 11 atom stereocenters. The summed E-state index contributed by atoms with van der Waals surface area (Å²) in [5.74, 6) is -3.11. The Morgan fingerprint density at radius 3 is 1.68 bits per heavy atom. The average molecular weight is 755 g/mol. The van der Waals surface area contributed by atoms with E-state index in [0.29, 0.717) is 22.5 Å². The van der Waals surface area contributed by atoms with Crippen molar-refractivity contribution in [1.29, 1.82) is 0 Å². The lowest BCUT2D eigenvalue weighted by Crippen LogP contribution is -2.80. The Morgan fingerprint density at radius 2 is 1.18 bits per heavy atom. The van der Waals surface area contributed by atoms with E-state index in [1.54, 1.807) is 48.5 Å². The van der Waals surface area contributed by atoms with Gasteiger partial charge in [-0.1, -0.05) is 36.4 Å². The van der Waals surface area contributed by atoms with Crippen LogP contribution in [0.1, 0.15) is 25.0 Å². The van der Waals surface area contributed by atoms with Crippen LogP contribution in [0.4, 0.5) is 11.4 Å². The maximum Gasteiger partial charge on any atom is 0.271 e. The third-order valence-electron chi connectivity index (χ3n) is 12.6. The number of aliphatic hydroxyl groups is 3. The fraction of sp³-hybridized carbons (Fsp3) is 0.469. The second-order valence-corrected chi connectivity index (χ2v) is 19.2. The summed E-state index contributed by atoms with van der Waals surface area (Å²) in [5, 5.41) is 44.8. The number of Topliss-reactive ketones (excluding diaryl/α,β-unsaturated/α-hetero) is 1. The second kappa shape index (κ2) is 9.08. The van der Waals surface area contributed by atoms with Gasteiger partial charge in [-0.3, -0.25) is 33.8 Å². The van der Waals surface area contributed by atoms with Gasteiger partial charge in [0.1, 0.15) is 24.5 Å². The molecule has 14 nitrogen and oxygen atoms in total. The van der Waals surface area contributed by atoms with E-state index in [1.807, 2.05) is 0 Å². The monoisotopic (exact) mass is 754 g/mol. The highest BCUT2D eigenvalue weighted by Gasteiger charge is 2.93. The Hall–Kier alpha value is -3.13. The van der Waals surface area contributed by atoms with Crippen molar-refractivity contribution in [2.45, 2.75) is 74.8 Å². The number of carbonyl (C=O) groups is 5. The lowest BCUT2D eigenvalue weighted by atomic mass is 9.52. The number of carbonyl (C=O) groups excluding carboxylic acids is 5. The number of rotatable bonds is 3. The minimum Gasteiger partial charge on any atom is -0.389 e. The molecule has 0 unspecified atom stereocenters. The first kappa shape index (κ1) is 31.6. The lowest BCUT2D eigenvalue weighted by molar-refractivity contribution is -0.172. The Morgan fingerprint density at radius 1 is 0.720 bits per heavy atom. The van der Waals surface area contributed by atoms with Gasteiger partial charge in [0.15, 0.2) is 5.78 Å². The van der Waals surface area contributed by atoms with E-state index >= 15 is 0 Å². The van der Waals surface area contributed by atoms with Crippen LogP contribution in [0.15, 0.2) is 48.5 Å². The molecule has 10 aliphatic rings. The average Bonchev–Trinajstić information content (AvgIpc) is 3.74.